The second kappa shape index (κ2) is 4.77. The maximum atomic E-state index is 10.6. The van der Waals surface area contributed by atoms with Crippen molar-refractivity contribution in [2.75, 3.05) is 6.61 Å². The Kier molecular flexibility index (Phi) is 3.65. The summed E-state index contributed by atoms with van der Waals surface area (Å²) in [6, 6.07) is 3.60. The number of nitrogens with two attached hydrogens (primary N) is 1. The molecule has 5 heteroatoms. The number of carboxylic acid groups (broad SMARTS) is 1. The zero-order valence-electron chi connectivity index (χ0n) is 8.05. The summed E-state index contributed by atoms with van der Waals surface area (Å²) in [7, 11) is 0. The first kappa shape index (κ1) is 11.5. The monoisotopic (exact) mass is 211 g/mol. The molecule has 0 spiro atoms. The molecular formula is C10H13NO4. The second-order valence-electron chi connectivity index (χ2n) is 3.30. The molecule has 1 unspecified atom stereocenters. The van der Waals surface area contributed by atoms with Gasteiger partial charge in [-0.15, -0.1) is 0 Å². The molecule has 1 atom stereocenters. The summed E-state index contributed by atoms with van der Waals surface area (Å²) < 4.78 is 0. The molecule has 0 aliphatic carbocycles. The number of aromatic hydroxyl groups is 1. The Morgan fingerprint density at radius 1 is 1.47 bits per heavy atom. The van der Waals surface area contributed by atoms with Crippen LogP contribution in [0.25, 0.3) is 0 Å². The molecule has 0 radical (unpaired) electrons. The van der Waals surface area contributed by atoms with Gasteiger partial charge in [0.15, 0.2) is 0 Å². The number of hydrogen-bond donors (Lipinski definition) is 4. The van der Waals surface area contributed by atoms with Crippen molar-refractivity contribution in [3.63, 3.8) is 0 Å². The summed E-state index contributed by atoms with van der Waals surface area (Å²) in [5, 5.41) is 26.9. The molecule has 0 bridgehead atoms. The van der Waals surface area contributed by atoms with Gasteiger partial charge in [-0.25, -0.2) is 4.79 Å². The van der Waals surface area contributed by atoms with E-state index in [-0.39, 0.29) is 17.9 Å². The third-order valence-electron chi connectivity index (χ3n) is 2.05. The number of rotatable bonds is 4. The van der Waals surface area contributed by atoms with Crippen LogP contribution in [0.4, 0.5) is 0 Å². The average molecular weight is 211 g/mol. The van der Waals surface area contributed by atoms with Gasteiger partial charge in [-0.2, -0.15) is 0 Å². The molecule has 15 heavy (non-hydrogen) atoms. The lowest BCUT2D eigenvalue weighted by molar-refractivity contribution is 0.0696. The van der Waals surface area contributed by atoms with E-state index in [4.69, 9.17) is 15.9 Å². The molecule has 0 aliphatic rings. The summed E-state index contributed by atoms with van der Waals surface area (Å²) >= 11 is 0. The van der Waals surface area contributed by atoms with Crippen molar-refractivity contribution in [1.82, 2.24) is 0 Å². The van der Waals surface area contributed by atoms with Gasteiger partial charge in [-0.1, -0.05) is 6.07 Å². The molecule has 0 amide bonds. The summed E-state index contributed by atoms with van der Waals surface area (Å²) in [5.41, 5.74) is 6.05. The van der Waals surface area contributed by atoms with Crippen LogP contribution in [0.5, 0.6) is 5.75 Å². The van der Waals surface area contributed by atoms with E-state index >= 15 is 0 Å². The van der Waals surface area contributed by atoms with Crippen LogP contribution in [-0.4, -0.2) is 33.9 Å². The quantitative estimate of drug-likeness (QED) is 0.559. The van der Waals surface area contributed by atoms with E-state index in [0.717, 1.165) is 0 Å². The molecule has 5 N–H and O–H groups in total. The van der Waals surface area contributed by atoms with E-state index in [1.54, 1.807) is 0 Å². The van der Waals surface area contributed by atoms with E-state index in [0.29, 0.717) is 12.0 Å². The predicted octanol–water partition coefficient (Wildman–Crippen LogP) is -0.0475. The Labute approximate surface area is 86.8 Å². The van der Waals surface area contributed by atoms with E-state index in [2.05, 4.69) is 0 Å². The maximum Gasteiger partial charge on any atom is 0.335 e. The number of aliphatic hydroxyl groups is 1. The van der Waals surface area contributed by atoms with Gasteiger partial charge < -0.3 is 21.1 Å². The molecule has 1 aromatic carbocycles. The minimum absolute atomic E-state index is 0.0221. The van der Waals surface area contributed by atoms with Crippen LogP contribution in [0.3, 0.4) is 0 Å². The van der Waals surface area contributed by atoms with E-state index in [1.807, 2.05) is 0 Å². The Morgan fingerprint density at radius 2 is 2.13 bits per heavy atom. The van der Waals surface area contributed by atoms with Crippen LogP contribution in [0.15, 0.2) is 18.2 Å². The number of phenols is 1. The summed E-state index contributed by atoms with van der Waals surface area (Å²) in [5.74, 6) is -1.21. The highest BCUT2D eigenvalue weighted by Gasteiger charge is 2.10. The van der Waals surface area contributed by atoms with Crippen LogP contribution in [0.1, 0.15) is 15.9 Å². The molecule has 0 heterocycles. The lowest BCUT2D eigenvalue weighted by Gasteiger charge is -2.09. The molecule has 0 aliphatic heterocycles. The van der Waals surface area contributed by atoms with Crippen LogP contribution in [0.2, 0.25) is 0 Å². The second-order valence-corrected chi connectivity index (χ2v) is 3.30. The number of aromatic carboxylic acids is 1. The maximum absolute atomic E-state index is 10.6. The van der Waals surface area contributed by atoms with Crippen molar-refractivity contribution in [2.24, 2.45) is 5.73 Å². The third-order valence-corrected chi connectivity index (χ3v) is 2.05. The fourth-order valence-electron chi connectivity index (χ4n) is 1.22. The topological polar surface area (TPSA) is 104 Å². The standard InChI is InChI=1S/C10H13NO4/c11-8(5-12)3-6-1-2-7(10(14)15)4-9(6)13/h1-2,4,8,12-13H,3,5,11H2,(H,14,15). The third kappa shape index (κ3) is 2.93. The first-order valence-corrected chi connectivity index (χ1v) is 4.46. The molecule has 5 nitrogen and oxygen atoms in total. The lowest BCUT2D eigenvalue weighted by atomic mass is 10.0. The molecule has 1 aromatic rings. The summed E-state index contributed by atoms with van der Waals surface area (Å²) in [6.45, 7) is -0.180. The minimum Gasteiger partial charge on any atom is -0.508 e. The van der Waals surface area contributed by atoms with Crippen LogP contribution < -0.4 is 5.73 Å². The SMILES string of the molecule is NC(CO)Cc1ccc(C(=O)O)cc1O. The van der Waals surface area contributed by atoms with Crippen molar-refractivity contribution < 1.29 is 20.1 Å². The Balaban J connectivity index is 2.88. The highest BCUT2D eigenvalue weighted by atomic mass is 16.4. The van der Waals surface area contributed by atoms with Gasteiger partial charge >= 0.3 is 5.97 Å². The van der Waals surface area contributed by atoms with Gasteiger partial charge in [-0.3, -0.25) is 0 Å². The first-order chi connectivity index (χ1) is 7.04. The van der Waals surface area contributed by atoms with Crippen molar-refractivity contribution in [1.29, 1.82) is 0 Å². The van der Waals surface area contributed by atoms with Crippen molar-refractivity contribution in [3.05, 3.63) is 29.3 Å². The van der Waals surface area contributed by atoms with Gasteiger partial charge in [-0.05, 0) is 24.1 Å². The van der Waals surface area contributed by atoms with Gasteiger partial charge in [0.2, 0.25) is 0 Å². The fraction of sp³-hybridized carbons (Fsp3) is 0.300. The Morgan fingerprint density at radius 3 is 2.60 bits per heavy atom. The van der Waals surface area contributed by atoms with Gasteiger partial charge in [0.25, 0.3) is 0 Å². The Bertz CT molecular complexity index is 364. The highest BCUT2D eigenvalue weighted by molar-refractivity contribution is 5.88. The van der Waals surface area contributed by atoms with E-state index in [9.17, 15) is 9.90 Å². The first-order valence-electron chi connectivity index (χ1n) is 4.46. The van der Waals surface area contributed by atoms with Gasteiger partial charge in [0, 0.05) is 6.04 Å². The molecule has 0 aromatic heterocycles. The smallest absolute Gasteiger partial charge is 0.335 e. The number of carboxylic acids is 1. The fourth-order valence-corrected chi connectivity index (χ4v) is 1.22. The van der Waals surface area contributed by atoms with Crippen molar-refractivity contribution in [2.45, 2.75) is 12.5 Å². The van der Waals surface area contributed by atoms with Crippen LogP contribution in [0, 0.1) is 0 Å². The number of carbonyl (C=O) groups is 1. The van der Waals surface area contributed by atoms with Crippen molar-refractivity contribution in [3.8, 4) is 5.75 Å². The summed E-state index contributed by atoms with van der Waals surface area (Å²) in [4.78, 5) is 10.6. The number of aliphatic hydroxyl groups excluding tert-OH is 1. The van der Waals surface area contributed by atoms with Gasteiger partial charge in [0.1, 0.15) is 5.75 Å². The molecule has 82 valence electrons. The molecule has 0 fully saturated rings. The number of hydrogen-bond acceptors (Lipinski definition) is 4. The number of benzene rings is 1. The zero-order chi connectivity index (χ0) is 11.4. The van der Waals surface area contributed by atoms with Crippen LogP contribution in [-0.2, 0) is 6.42 Å². The number of phenolic OH excluding ortho intramolecular Hbond substituents is 1. The molecule has 0 saturated carbocycles. The lowest BCUT2D eigenvalue weighted by Crippen LogP contribution is -2.26. The minimum atomic E-state index is -1.09. The highest BCUT2D eigenvalue weighted by Crippen LogP contribution is 2.20. The van der Waals surface area contributed by atoms with Crippen molar-refractivity contribution >= 4 is 5.97 Å². The average Bonchev–Trinajstić information content (AvgIpc) is 2.20. The summed E-state index contributed by atoms with van der Waals surface area (Å²) in [6.07, 6.45) is 0.308. The normalized spacial score (nSPS) is 12.4. The Hall–Kier alpha value is -1.59. The molecule has 0 saturated heterocycles. The van der Waals surface area contributed by atoms with E-state index < -0.39 is 12.0 Å². The molecule has 1 rings (SSSR count). The van der Waals surface area contributed by atoms with Gasteiger partial charge in [0.05, 0.1) is 12.2 Å². The van der Waals surface area contributed by atoms with E-state index in [1.165, 1.54) is 18.2 Å². The largest absolute Gasteiger partial charge is 0.508 e. The zero-order valence-corrected chi connectivity index (χ0v) is 8.05. The predicted molar refractivity (Wildman–Crippen MR) is 53.8 cm³/mol. The van der Waals surface area contributed by atoms with Crippen LogP contribution >= 0.6 is 0 Å². The molecular weight excluding hydrogens is 198 g/mol.